The first kappa shape index (κ1) is 14.9. The van der Waals surface area contributed by atoms with Gasteiger partial charge in [-0.1, -0.05) is 15.9 Å². The lowest BCUT2D eigenvalue weighted by atomic mass is 10.1. The monoisotopic (exact) mass is 428 g/mol. The van der Waals surface area contributed by atoms with E-state index >= 15 is 0 Å². The normalized spacial score (nSPS) is 11.3. The van der Waals surface area contributed by atoms with E-state index < -0.39 is 0 Å². The number of nitrogens with one attached hydrogen (secondary N) is 1. The SMILES string of the molecule is Cc1cc(-n2c(=S)[nH]c3cc(Br)c(F)cc32)cc(C)c1Br. The Labute approximate surface area is 143 Å². The summed E-state index contributed by atoms with van der Waals surface area (Å²) in [6, 6.07) is 7.24. The van der Waals surface area contributed by atoms with Crippen LogP contribution in [0.4, 0.5) is 4.39 Å². The van der Waals surface area contributed by atoms with Crippen LogP contribution in [0.2, 0.25) is 0 Å². The lowest BCUT2D eigenvalue weighted by Crippen LogP contribution is -1.97. The Balaban J connectivity index is 2.37. The molecular weight excluding hydrogens is 419 g/mol. The van der Waals surface area contributed by atoms with Crippen LogP contribution in [-0.2, 0) is 0 Å². The molecule has 0 saturated heterocycles. The second-order valence-corrected chi connectivity index (χ2v) is 6.98. The zero-order valence-corrected chi connectivity index (χ0v) is 15.3. The summed E-state index contributed by atoms with van der Waals surface area (Å²) in [5.41, 5.74) is 4.66. The number of aryl methyl sites for hydroxylation is 2. The number of hydrogen-bond donors (Lipinski definition) is 1. The van der Waals surface area contributed by atoms with Gasteiger partial charge in [-0.25, -0.2) is 4.39 Å². The maximum atomic E-state index is 13.9. The number of H-pyrrole nitrogens is 1. The Morgan fingerprint density at radius 2 is 1.71 bits per heavy atom. The van der Waals surface area contributed by atoms with Gasteiger partial charge in [0, 0.05) is 16.2 Å². The van der Waals surface area contributed by atoms with Crippen molar-refractivity contribution in [3.8, 4) is 5.69 Å². The van der Waals surface area contributed by atoms with Crippen molar-refractivity contribution in [2.75, 3.05) is 0 Å². The Hall–Kier alpha value is -0.980. The van der Waals surface area contributed by atoms with Crippen LogP contribution in [0.25, 0.3) is 16.7 Å². The number of imidazole rings is 1. The van der Waals surface area contributed by atoms with Crippen LogP contribution in [0.1, 0.15) is 11.1 Å². The summed E-state index contributed by atoms with van der Waals surface area (Å²) >= 11 is 12.2. The van der Waals surface area contributed by atoms with Gasteiger partial charge in [-0.2, -0.15) is 0 Å². The molecule has 0 unspecified atom stereocenters. The maximum absolute atomic E-state index is 13.9. The van der Waals surface area contributed by atoms with E-state index in [4.69, 9.17) is 12.2 Å². The predicted molar refractivity (Wildman–Crippen MR) is 93.3 cm³/mol. The highest BCUT2D eigenvalue weighted by Gasteiger charge is 2.12. The first-order valence-corrected chi connectivity index (χ1v) is 8.25. The van der Waals surface area contributed by atoms with E-state index in [2.05, 4.69) is 36.8 Å². The molecule has 2 nitrogen and oxygen atoms in total. The highest BCUT2D eigenvalue weighted by atomic mass is 79.9. The zero-order valence-electron chi connectivity index (χ0n) is 11.3. The number of hydrogen-bond acceptors (Lipinski definition) is 1. The van der Waals surface area contributed by atoms with E-state index in [0.717, 1.165) is 32.3 Å². The van der Waals surface area contributed by atoms with Crippen molar-refractivity contribution in [3.05, 3.63) is 54.9 Å². The fourth-order valence-electron chi connectivity index (χ4n) is 2.41. The summed E-state index contributed by atoms with van der Waals surface area (Å²) in [4.78, 5) is 3.12. The summed E-state index contributed by atoms with van der Waals surface area (Å²) in [6.45, 7) is 4.05. The molecule has 3 rings (SSSR count). The molecule has 1 N–H and O–H groups in total. The zero-order chi connectivity index (χ0) is 15.3. The van der Waals surface area contributed by atoms with E-state index in [-0.39, 0.29) is 5.82 Å². The molecular formula is C15H11Br2FN2S. The van der Waals surface area contributed by atoms with Crippen molar-refractivity contribution in [2.24, 2.45) is 0 Å². The second kappa shape index (κ2) is 5.34. The molecule has 21 heavy (non-hydrogen) atoms. The average Bonchev–Trinajstić information content (AvgIpc) is 2.71. The standard InChI is InChI=1S/C15H11Br2FN2S/c1-7-3-9(4-8(2)14(7)17)20-13-6-11(18)10(16)5-12(13)19-15(20)21/h3-6H,1-2H3,(H,19,21). The molecule has 0 aliphatic carbocycles. The van der Waals surface area contributed by atoms with Crippen LogP contribution < -0.4 is 0 Å². The number of aromatic nitrogens is 2. The van der Waals surface area contributed by atoms with E-state index in [1.165, 1.54) is 6.07 Å². The second-order valence-electron chi connectivity index (χ2n) is 4.94. The van der Waals surface area contributed by atoms with Crippen molar-refractivity contribution in [1.29, 1.82) is 0 Å². The fourth-order valence-corrected chi connectivity index (χ4v) is 3.30. The molecule has 1 aromatic heterocycles. The number of nitrogens with zero attached hydrogens (tertiary/aromatic N) is 1. The average molecular weight is 430 g/mol. The number of aromatic amines is 1. The van der Waals surface area contributed by atoms with Gasteiger partial charge in [-0.15, -0.1) is 0 Å². The molecule has 2 aromatic carbocycles. The molecule has 0 aliphatic rings. The third kappa shape index (κ3) is 2.49. The van der Waals surface area contributed by atoms with Gasteiger partial charge in [0.2, 0.25) is 0 Å². The van der Waals surface area contributed by atoms with E-state index in [1.54, 1.807) is 6.07 Å². The molecule has 0 amide bonds. The number of halogens is 3. The molecule has 0 spiro atoms. The third-order valence-electron chi connectivity index (χ3n) is 3.40. The lowest BCUT2D eigenvalue weighted by Gasteiger charge is -2.10. The van der Waals surface area contributed by atoms with Crippen LogP contribution >= 0.6 is 44.1 Å². The first-order chi connectivity index (χ1) is 9.88. The number of rotatable bonds is 1. The highest BCUT2D eigenvalue weighted by molar-refractivity contribution is 9.10. The van der Waals surface area contributed by atoms with Gasteiger partial charge in [0.25, 0.3) is 0 Å². The maximum Gasteiger partial charge on any atom is 0.182 e. The summed E-state index contributed by atoms with van der Waals surface area (Å²) in [7, 11) is 0. The fraction of sp³-hybridized carbons (Fsp3) is 0.133. The molecule has 0 atom stereocenters. The van der Waals surface area contributed by atoms with Gasteiger partial charge >= 0.3 is 0 Å². The Bertz CT molecular complexity index is 904. The van der Waals surface area contributed by atoms with E-state index in [1.807, 2.05) is 30.5 Å². The van der Waals surface area contributed by atoms with Crippen LogP contribution in [-0.4, -0.2) is 9.55 Å². The molecule has 6 heteroatoms. The minimum Gasteiger partial charge on any atom is -0.330 e. The largest absolute Gasteiger partial charge is 0.330 e. The van der Waals surface area contributed by atoms with Crippen LogP contribution in [0.5, 0.6) is 0 Å². The number of fused-ring (bicyclic) bond motifs is 1. The smallest absolute Gasteiger partial charge is 0.182 e. The minimum atomic E-state index is -0.309. The van der Waals surface area contributed by atoms with Gasteiger partial charge in [-0.05, 0) is 71.3 Å². The molecule has 3 aromatic rings. The van der Waals surface area contributed by atoms with Gasteiger partial charge in [0.1, 0.15) is 5.82 Å². The van der Waals surface area contributed by atoms with E-state index in [0.29, 0.717) is 9.24 Å². The molecule has 108 valence electrons. The van der Waals surface area contributed by atoms with Crippen molar-refractivity contribution in [2.45, 2.75) is 13.8 Å². The molecule has 0 fully saturated rings. The summed E-state index contributed by atoms with van der Waals surface area (Å²) in [5, 5.41) is 0. The highest BCUT2D eigenvalue weighted by Crippen LogP contribution is 2.29. The quantitative estimate of drug-likeness (QED) is 0.472. The summed E-state index contributed by atoms with van der Waals surface area (Å²) in [5.74, 6) is -0.309. The van der Waals surface area contributed by atoms with Crippen molar-refractivity contribution in [3.63, 3.8) is 0 Å². The Morgan fingerprint density at radius 3 is 2.33 bits per heavy atom. The van der Waals surface area contributed by atoms with Gasteiger partial charge < -0.3 is 4.98 Å². The lowest BCUT2D eigenvalue weighted by molar-refractivity contribution is 0.622. The van der Waals surface area contributed by atoms with Gasteiger partial charge in [-0.3, -0.25) is 4.57 Å². The van der Waals surface area contributed by atoms with Crippen LogP contribution in [0.15, 0.2) is 33.2 Å². The van der Waals surface area contributed by atoms with Crippen molar-refractivity contribution in [1.82, 2.24) is 9.55 Å². The van der Waals surface area contributed by atoms with Gasteiger partial charge in [0.05, 0.1) is 15.5 Å². The third-order valence-corrected chi connectivity index (χ3v) is 5.55. The van der Waals surface area contributed by atoms with Crippen molar-refractivity contribution < 1.29 is 4.39 Å². The van der Waals surface area contributed by atoms with E-state index in [9.17, 15) is 4.39 Å². The number of benzene rings is 2. The van der Waals surface area contributed by atoms with Crippen molar-refractivity contribution >= 4 is 55.1 Å². The Kier molecular flexibility index (Phi) is 3.80. The van der Waals surface area contributed by atoms with Crippen LogP contribution in [0, 0.1) is 24.4 Å². The topological polar surface area (TPSA) is 20.7 Å². The Morgan fingerprint density at radius 1 is 1.10 bits per heavy atom. The van der Waals surface area contributed by atoms with Crippen LogP contribution in [0.3, 0.4) is 0 Å². The predicted octanol–water partition coefficient (Wildman–Crippen LogP) is 5.97. The molecule has 0 aliphatic heterocycles. The molecule has 0 radical (unpaired) electrons. The molecule has 0 bridgehead atoms. The van der Waals surface area contributed by atoms with Gasteiger partial charge in [0.15, 0.2) is 4.77 Å². The minimum absolute atomic E-state index is 0.309. The summed E-state index contributed by atoms with van der Waals surface area (Å²) in [6.07, 6.45) is 0. The summed E-state index contributed by atoms with van der Waals surface area (Å²) < 4.78 is 17.8. The first-order valence-electron chi connectivity index (χ1n) is 6.25. The molecule has 0 saturated carbocycles. The molecule has 1 heterocycles.